The molecule has 0 fully saturated rings. The number of halogens is 3. The van der Waals surface area contributed by atoms with Gasteiger partial charge in [0.25, 0.3) is 0 Å². The van der Waals surface area contributed by atoms with Crippen molar-refractivity contribution in [2.45, 2.75) is 13.1 Å². The van der Waals surface area contributed by atoms with Crippen molar-refractivity contribution < 1.29 is 13.2 Å². The number of aromatic nitrogens is 1. The minimum atomic E-state index is -4.37. The predicted molar refractivity (Wildman–Crippen MR) is 85.0 cm³/mol. The second-order valence-corrected chi connectivity index (χ2v) is 5.90. The van der Waals surface area contributed by atoms with Gasteiger partial charge in [0.15, 0.2) is 4.67 Å². The van der Waals surface area contributed by atoms with E-state index >= 15 is 0 Å². The third-order valence-electron chi connectivity index (χ3n) is 3.15. The number of hydrogen-bond acceptors (Lipinski definition) is 4. The molecule has 1 aromatic heterocycles. The number of nitrogens with one attached hydrogen (secondary N) is 1. The van der Waals surface area contributed by atoms with Crippen LogP contribution < -0.4 is 10.1 Å². The summed E-state index contributed by atoms with van der Waals surface area (Å²) in [7, 11) is 0. The Kier molecular flexibility index (Phi) is 4.04. The van der Waals surface area contributed by atoms with E-state index in [1.165, 1.54) is 23.5 Å². The molecule has 0 saturated heterocycles. The Morgan fingerprint density at radius 2 is 1.87 bits per heavy atom. The van der Waals surface area contributed by atoms with E-state index in [4.69, 9.17) is 0 Å². The first-order chi connectivity index (χ1) is 10.9. The van der Waals surface area contributed by atoms with Crippen molar-refractivity contribution in [3.05, 3.63) is 64.5 Å². The number of fused-ring (bicyclic) bond motifs is 1. The molecule has 0 amide bonds. The van der Waals surface area contributed by atoms with Crippen molar-refractivity contribution in [3.8, 4) is 0 Å². The van der Waals surface area contributed by atoms with E-state index in [0.29, 0.717) is 10.4 Å². The van der Waals surface area contributed by atoms with E-state index in [1.807, 2.05) is 31.2 Å². The van der Waals surface area contributed by atoms with Crippen LogP contribution in [0.4, 0.5) is 18.9 Å². The van der Waals surface area contributed by atoms with Crippen LogP contribution in [-0.4, -0.2) is 4.98 Å². The summed E-state index contributed by atoms with van der Waals surface area (Å²) in [4.78, 5) is 4.44. The van der Waals surface area contributed by atoms with Crippen LogP contribution in [0.1, 0.15) is 11.3 Å². The lowest BCUT2D eigenvalue weighted by Crippen LogP contribution is -2.09. The summed E-state index contributed by atoms with van der Waals surface area (Å²) in [6, 6.07) is 12.6. The maximum absolute atomic E-state index is 12.7. The van der Waals surface area contributed by atoms with Crippen LogP contribution in [0, 0.1) is 6.92 Å². The topological polar surface area (TPSA) is 37.3 Å². The maximum Gasteiger partial charge on any atom is 0.416 e. The van der Waals surface area contributed by atoms with Gasteiger partial charge < -0.3 is 0 Å². The molecule has 118 valence electrons. The first kappa shape index (κ1) is 15.5. The Bertz CT molecular complexity index is 916. The lowest BCUT2D eigenvalue weighted by Gasteiger charge is -2.08. The van der Waals surface area contributed by atoms with Gasteiger partial charge in [0, 0.05) is 0 Å². The zero-order chi connectivity index (χ0) is 16.4. The van der Waals surface area contributed by atoms with Gasteiger partial charge in [-0.2, -0.15) is 18.3 Å². The lowest BCUT2D eigenvalue weighted by molar-refractivity contribution is -0.137. The highest BCUT2D eigenvalue weighted by Gasteiger charge is 2.30. The van der Waals surface area contributed by atoms with Crippen molar-refractivity contribution in [2.75, 3.05) is 5.43 Å². The summed E-state index contributed by atoms with van der Waals surface area (Å²) in [5, 5.41) is 4.19. The Morgan fingerprint density at radius 1 is 1.09 bits per heavy atom. The number of para-hydroxylation sites is 1. The molecule has 0 unspecified atom stereocenters. The number of benzene rings is 2. The van der Waals surface area contributed by atoms with Crippen LogP contribution >= 0.6 is 11.3 Å². The number of anilines is 1. The molecule has 3 rings (SSSR count). The molecule has 0 saturated carbocycles. The monoisotopic (exact) mass is 335 g/mol. The Hall–Kier alpha value is -2.41. The van der Waals surface area contributed by atoms with E-state index in [9.17, 15) is 13.2 Å². The summed E-state index contributed by atoms with van der Waals surface area (Å²) < 4.78 is 39.7. The van der Waals surface area contributed by atoms with Gasteiger partial charge in [0.05, 0.1) is 27.2 Å². The van der Waals surface area contributed by atoms with Crippen LogP contribution in [0.2, 0.25) is 0 Å². The maximum atomic E-state index is 12.7. The van der Waals surface area contributed by atoms with Crippen molar-refractivity contribution >= 4 is 27.2 Å². The summed E-state index contributed by atoms with van der Waals surface area (Å²) in [6.07, 6.45) is -4.37. The smallest absolute Gasteiger partial charge is 0.277 e. The van der Waals surface area contributed by atoms with Crippen LogP contribution in [0.3, 0.4) is 0 Å². The van der Waals surface area contributed by atoms with Crippen molar-refractivity contribution in [1.29, 1.82) is 0 Å². The van der Waals surface area contributed by atoms with Gasteiger partial charge in [-0.3, -0.25) is 5.43 Å². The van der Waals surface area contributed by atoms with E-state index in [1.54, 1.807) is 0 Å². The quantitative estimate of drug-likeness (QED) is 0.698. The SMILES string of the molecule is Cc1nc2ccccc2s/c1=N/Nc1cccc(C(F)(F)F)c1. The molecule has 3 nitrogen and oxygen atoms in total. The summed E-state index contributed by atoms with van der Waals surface area (Å²) in [6.45, 7) is 1.82. The Balaban J connectivity index is 1.95. The average molecular weight is 335 g/mol. The lowest BCUT2D eigenvalue weighted by atomic mass is 10.2. The first-order valence-electron chi connectivity index (χ1n) is 6.77. The molecular formula is C16H12F3N3S. The van der Waals surface area contributed by atoms with Crippen molar-refractivity contribution in [1.82, 2.24) is 4.98 Å². The summed E-state index contributed by atoms with van der Waals surface area (Å²) in [5.74, 6) is 0. The fourth-order valence-electron chi connectivity index (χ4n) is 2.03. The number of aryl methyl sites for hydroxylation is 1. The highest BCUT2D eigenvalue weighted by atomic mass is 32.1. The molecule has 0 bridgehead atoms. The van der Waals surface area contributed by atoms with Gasteiger partial charge in [-0.1, -0.05) is 18.2 Å². The molecule has 0 aliphatic rings. The summed E-state index contributed by atoms with van der Waals surface area (Å²) in [5.41, 5.74) is 3.82. The molecule has 0 atom stereocenters. The fraction of sp³-hybridized carbons (Fsp3) is 0.125. The Labute approximate surface area is 134 Å². The second-order valence-electron chi connectivity index (χ2n) is 4.87. The number of rotatable bonds is 2. The predicted octanol–water partition coefficient (Wildman–Crippen LogP) is 4.55. The minimum Gasteiger partial charge on any atom is -0.277 e. The summed E-state index contributed by atoms with van der Waals surface area (Å²) >= 11 is 1.43. The molecule has 0 radical (unpaired) electrons. The molecule has 1 heterocycles. The van der Waals surface area contributed by atoms with Gasteiger partial charge in [-0.15, -0.1) is 11.3 Å². The molecule has 23 heavy (non-hydrogen) atoms. The van der Waals surface area contributed by atoms with E-state index in [-0.39, 0.29) is 5.69 Å². The average Bonchev–Trinajstić information content (AvgIpc) is 2.52. The van der Waals surface area contributed by atoms with Crippen molar-refractivity contribution in [2.24, 2.45) is 5.10 Å². The van der Waals surface area contributed by atoms with Gasteiger partial charge in [0.1, 0.15) is 0 Å². The first-order valence-corrected chi connectivity index (χ1v) is 7.58. The van der Waals surface area contributed by atoms with Gasteiger partial charge in [0.2, 0.25) is 0 Å². The van der Waals surface area contributed by atoms with Gasteiger partial charge >= 0.3 is 6.18 Å². The molecule has 0 aliphatic carbocycles. The molecule has 0 spiro atoms. The number of nitrogens with zero attached hydrogens (tertiary/aromatic N) is 2. The van der Waals surface area contributed by atoms with Gasteiger partial charge in [-0.05, 0) is 37.3 Å². The largest absolute Gasteiger partial charge is 0.416 e. The van der Waals surface area contributed by atoms with E-state index < -0.39 is 11.7 Å². The fourth-order valence-corrected chi connectivity index (χ4v) is 2.88. The zero-order valence-corrected chi connectivity index (χ0v) is 12.9. The standard InChI is InChI=1S/C16H12F3N3S/c1-10-15(23-14-8-3-2-7-13(14)20-10)22-21-12-6-4-5-11(9-12)16(17,18)19/h2-9,21H,1H3/b22-15+. The van der Waals surface area contributed by atoms with Crippen LogP contribution in [0.25, 0.3) is 10.2 Å². The molecule has 7 heteroatoms. The van der Waals surface area contributed by atoms with Crippen LogP contribution in [0.5, 0.6) is 0 Å². The third kappa shape index (κ3) is 3.50. The molecular weight excluding hydrogens is 323 g/mol. The Morgan fingerprint density at radius 3 is 2.65 bits per heavy atom. The van der Waals surface area contributed by atoms with Crippen LogP contribution in [0.15, 0.2) is 53.6 Å². The highest BCUT2D eigenvalue weighted by Crippen LogP contribution is 2.30. The second kappa shape index (κ2) is 6.00. The van der Waals surface area contributed by atoms with Crippen molar-refractivity contribution in [3.63, 3.8) is 0 Å². The minimum absolute atomic E-state index is 0.277. The molecule has 1 N–H and O–H groups in total. The van der Waals surface area contributed by atoms with Gasteiger partial charge in [-0.25, -0.2) is 4.98 Å². The van der Waals surface area contributed by atoms with E-state index in [0.717, 1.165) is 22.3 Å². The highest BCUT2D eigenvalue weighted by molar-refractivity contribution is 7.16. The number of alkyl halides is 3. The van der Waals surface area contributed by atoms with Crippen LogP contribution in [-0.2, 0) is 6.18 Å². The molecule has 3 aromatic rings. The molecule has 0 aliphatic heterocycles. The normalized spacial score (nSPS) is 12.6. The third-order valence-corrected chi connectivity index (χ3v) is 4.29. The van der Waals surface area contributed by atoms with E-state index in [2.05, 4.69) is 15.5 Å². The molecule has 2 aromatic carbocycles. The zero-order valence-electron chi connectivity index (χ0n) is 12.1. The number of hydrogen-bond donors (Lipinski definition) is 1.